The molecule has 0 atom stereocenters. The van der Waals surface area contributed by atoms with Gasteiger partial charge < -0.3 is 18.7 Å². The number of hydrogen-bond acceptors (Lipinski definition) is 2. The summed E-state index contributed by atoms with van der Waals surface area (Å²) in [6.07, 6.45) is 1.23. The van der Waals surface area contributed by atoms with E-state index in [-0.39, 0.29) is 5.82 Å². The van der Waals surface area contributed by atoms with Gasteiger partial charge in [-0.05, 0) is 12.0 Å². The van der Waals surface area contributed by atoms with E-state index in [1.165, 1.54) is 0 Å². The Kier molecular flexibility index (Phi) is 2.49. The highest BCUT2D eigenvalue weighted by atomic mass is 19.4. The average Bonchev–Trinajstić information content (AvgIpc) is 2.03. The number of anilines is 1. The smallest absolute Gasteiger partial charge is 0.445 e. The highest BCUT2D eigenvalue weighted by Gasteiger charge is 2.26. The van der Waals surface area contributed by atoms with Gasteiger partial charge in [-0.15, -0.1) is 0 Å². The van der Waals surface area contributed by atoms with E-state index in [2.05, 4.69) is 4.98 Å². The van der Waals surface area contributed by atoms with E-state index in [9.17, 15) is 12.9 Å². The van der Waals surface area contributed by atoms with Crippen LogP contribution in [0.1, 0.15) is 12.5 Å². The van der Waals surface area contributed by atoms with Gasteiger partial charge >= 0.3 is 6.98 Å². The molecule has 1 heterocycles. The lowest BCUT2D eigenvalue weighted by Gasteiger charge is -2.15. The van der Waals surface area contributed by atoms with Crippen molar-refractivity contribution in [2.24, 2.45) is 0 Å². The average molecular weight is 189 g/mol. The summed E-state index contributed by atoms with van der Waals surface area (Å²) in [6.45, 7) is -3.23. The summed E-state index contributed by atoms with van der Waals surface area (Å²) in [5, 5.41) is 0. The highest BCUT2D eigenvalue weighted by molar-refractivity contribution is 6.73. The summed E-state index contributed by atoms with van der Waals surface area (Å²) < 4.78 is 36.7. The molecule has 0 saturated carbocycles. The third-order valence-electron chi connectivity index (χ3n) is 1.78. The maximum atomic E-state index is 12.2. The minimum atomic E-state index is -4.96. The molecule has 72 valence electrons. The number of halogens is 3. The summed E-state index contributed by atoms with van der Waals surface area (Å²) in [7, 11) is 0. The van der Waals surface area contributed by atoms with E-state index in [1.807, 2.05) is 0 Å². The molecule has 1 rings (SSSR count). The van der Waals surface area contributed by atoms with Crippen LogP contribution in [0.2, 0.25) is 0 Å². The summed E-state index contributed by atoms with van der Waals surface area (Å²) >= 11 is 0. The molecule has 0 bridgehead atoms. The normalized spacial score (nSPS) is 11.7. The Balaban J connectivity index is 3.14. The van der Waals surface area contributed by atoms with Gasteiger partial charge in [-0.2, -0.15) is 0 Å². The molecule has 1 aromatic heterocycles. The molecule has 0 aliphatic rings. The minimum Gasteiger partial charge on any atom is -0.445 e. The molecule has 0 fully saturated rings. The van der Waals surface area contributed by atoms with Crippen molar-refractivity contribution in [3.05, 3.63) is 17.8 Å². The van der Waals surface area contributed by atoms with E-state index < -0.39 is 12.4 Å². The van der Waals surface area contributed by atoms with Crippen molar-refractivity contribution in [2.75, 3.05) is 5.73 Å². The fraction of sp³-hybridized carbons (Fsp3) is 0.286. The molecule has 13 heavy (non-hydrogen) atoms. The first kappa shape index (κ1) is 9.89. The lowest BCUT2D eigenvalue weighted by Crippen LogP contribution is -2.34. The molecule has 6 heteroatoms. The van der Waals surface area contributed by atoms with E-state index in [0.29, 0.717) is 12.0 Å². The van der Waals surface area contributed by atoms with Crippen LogP contribution in [0.15, 0.2) is 12.3 Å². The van der Waals surface area contributed by atoms with Crippen LogP contribution in [0.3, 0.4) is 0 Å². The number of aryl methyl sites for hydroxylation is 1. The molecule has 2 N–H and O–H groups in total. The van der Waals surface area contributed by atoms with Gasteiger partial charge in [0.15, 0.2) is 0 Å². The Labute approximate surface area is 74.0 Å². The fourth-order valence-electron chi connectivity index (χ4n) is 1.00. The molecule has 0 aliphatic carbocycles. The van der Waals surface area contributed by atoms with Crippen molar-refractivity contribution < 1.29 is 12.9 Å². The zero-order chi connectivity index (χ0) is 10.1. The van der Waals surface area contributed by atoms with E-state index >= 15 is 0 Å². The first-order chi connectivity index (χ1) is 5.95. The van der Waals surface area contributed by atoms with Crippen LogP contribution in [0, 0.1) is 0 Å². The SMILES string of the molecule is CCc1cc([B-](F)(F)F)cnc1N. The lowest BCUT2D eigenvalue weighted by molar-refractivity contribution is 0.500. The van der Waals surface area contributed by atoms with Crippen LogP contribution in [0.5, 0.6) is 0 Å². The molecule has 0 saturated heterocycles. The molecule has 0 aromatic carbocycles. The lowest BCUT2D eigenvalue weighted by atomic mass is 9.80. The second kappa shape index (κ2) is 3.28. The van der Waals surface area contributed by atoms with Crippen molar-refractivity contribution in [3.8, 4) is 0 Å². The van der Waals surface area contributed by atoms with Crippen LogP contribution in [0.4, 0.5) is 18.8 Å². The van der Waals surface area contributed by atoms with Gasteiger partial charge in [-0.1, -0.05) is 18.5 Å². The Morgan fingerprint density at radius 1 is 1.46 bits per heavy atom. The molecule has 0 unspecified atom stereocenters. The number of nitrogens with zero attached hydrogens (tertiary/aromatic N) is 1. The minimum absolute atomic E-state index is 0.173. The Bertz CT molecular complexity index is 311. The van der Waals surface area contributed by atoms with E-state index in [4.69, 9.17) is 5.73 Å². The number of nitrogen functional groups attached to an aromatic ring is 1. The van der Waals surface area contributed by atoms with Crippen LogP contribution < -0.4 is 11.2 Å². The van der Waals surface area contributed by atoms with Crippen molar-refractivity contribution >= 4 is 18.3 Å². The number of hydrogen-bond donors (Lipinski definition) is 1. The summed E-state index contributed by atoms with van der Waals surface area (Å²) in [5.41, 5.74) is 5.12. The predicted octanol–water partition coefficient (Wildman–Crippen LogP) is 1.28. The molecule has 1 aromatic rings. The van der Waals surface area contributed by atoms with Gasteiger partial charge in [0.25, 0.3) is 0 Å². The van der Waals surface area contributed by atoms with Crippen molar-refractivity contribution in [3.63, 3.8) is 0 Å². The van der Waals surface area contributed by atoms with Crippen molar-refractivity contribution in [1.82, 2.24) is 4.98 Å². The molecule has 0 aliphatic heterocycles. The molecular formula is C7H9BF3N2-. The third-order valence-corrected chi connectivity index (χ3v) is 1.78. The van der Waals surface area contributed by atoms with E-state index in [0.717, 1.165) is 12.3 Å². The number of aromatic nitrogens is 1. The second-order valence-corrected chi connectivity index (χ2v) is 2.74. The largest absolute Gasteiger partial charge is 0.511 e. The first-order valence-corrected chi connectivity index (χ1v) is 3.89. The Hall–Kier alpha value is -1.20. The number of rotatable bonds is 2. The predicted molar refractivity (Wildman–Crippen MR) is 46.7 cm³/mol. The summed E-state index contributed by atoms with van der Waals surface area (Å²) in [6, 6.07) is 1.06. The zero-order valence-electron chi connectivity index (χ0n) is 7.10. The number of pyridine rings is 1. The highest BCUT2D eigenvalue weighted by Crippen LogP contribution is 2.12. The van der Waals surface area contributed by atoms with Crippen molar-refractivity contribution in [2.45, 2.75) is 13.3 Å². The standard InChI is InChI=1S/C7H9BF3N2/c1-2-5-3-6(8(9,10)11)4-13-7(5)12/h3-4H,2H2,1H3,(H2,12,13)/q-1. The maximum Gasteiger partial charge on any atom is 0.511 e. The van der Waals surface area contributed by atoms with Crippen molar-refractivity contribution in [1.29, 1.82) is 0 Å². The molecular weight excluding hydrogens is 180 g/mol. The maximum absolute atomic E-state index is 12.2. The summed E-state index contributed by atoms with van der Waals surface area (Å²) in [4.78, 5) is 3.49. The number of nitrogens with two attached hydrogens (primary N) is 1. The Morgan fingerprint density at radius 3 is 2.54 bits per heavy atom. The van der Waals surface area contributed by atoms with Crippen LogP contribution >= 0.6 is 0 Å². The van der Waals surface area contributed by atoms with Gasteiger partial charge in [-0.25, -0.2) is 4.98 Å². The van der Waals surface area contributed by atoms with Crippen LogP contribution in [0.25, 0.3) is 0 Å². The zero-order valence-corrected chi connectivity index (χ0v) is 7.10. The first-order valence-electron chi connectivity index (χ1n) is 3.89. The van der Waals surface area contributed by atoms with Crippen LogP contribution in [-0.4, -0.2) is 12.0 Å². The second-order valence-electron chi connectivity index (χ2n) is 2.74. The van der Waals surface area contributed by atoms with Gasteiger partial charge in [0.2, 0.25) is 0 Å². The van der Waals surface area contributed by atoms with Gasteiger partial charge in [0.1, 0.15) is 5.82 Å². The quantitative estimate of drug-likeness (QED) is 0.711. The van der Waals surface area contributed by atoms with Crippen LogP contribution in [-0.2, 0) is 6.42 Å². The Morgan fingerprint density at radius 2 is 2.08 bits per heavy atom. The van der Waals surface area contributed by atoms with Gasteiger partial charge in [0, 0.05) is 6.20 Å². The molecule has 0 spiro atoms. The molecule has 0 radical (unpaired) electrons. The third kappa shape index (κ3) is 2.14. The molecule has 2 nitrogen and oxygen atoms in total. The molecule has 0 amide bonds. The summed E-state index contributed by atoms with van der Waals surface area (Å²) in [5.74, 6) is 0.173. The van der Waals surface area contributed by atoms with Gasteiger partial charge in [0.05, 0.1) is 0 Å². The van der Waals surface area contributed by atoms with Gasteiger partial charge in [-0.3, -0.25) is 0 Å². The fourth-order valence-corrected chi connectivity index (χ4v) is 1.00. The topological polar surface area (TPSA) is 38.9 Å². The van der Waals surface area contributed by atoms with E-state index in [1.54, 1.807) is 6.92 Å². The monoisotopic (exact) mass is 189 g/mol.